The van der Waals surface area contributed by atoms with Crippen molar-refractivity contribution in [3.05, 3.63) is 109 Å². The average molecular weight is 570 g/mol. The number of hydrogen-bond acceptors (Lipinski definition) is 5. The number of imidazole rings is 1. The van der Waals surface area contributed by atoms with Crippen molar-refractivity contribution in [3.63, 3.8) is 0 Å². The van der Waals surface area contributed by atoms with Crippen molar-refractivity contribution in [2.45, 2.75) is 36.2 Å². The van der Waals surface area contributed by atoms with Crippen LogP contribution in [-0.2, 0) is 16.4 Å². The quantitative estimate of drug-likeness (QED) is 0.360. The van der Waals surface area contributed by atoms with E-state index in [9.17, 15) is 13.2 Å². The molecule has 212 valence electrons. The number of hydrogen-bond donors (Lipinski definition) is 1. The van der Waals surface area contributed by atoms with Crippen LogP contribution < -0.4 is 5.32 Å². The van der Waals surface area contributed by atoms with E-state index in [-0.39, 0.29) is 18.0 Å². The zero-order chi connectivity index (χ0) is 28.2. The van der Waals surface area contributed by atoms with Crippen LogP contribution in [0.4, 0.5) is 0 Å². The number of sulfonamides is 1. The molecule has 3 aromatic carbocycles. The molecule has 0 saturated carbocycles. The van der Waals surface area contributed by atoms with Crippen LogP contribution in [0.5, 0.6) is 0 Å². The number of carbonyl (C=O) groups excluding carboxylic acids is 1. The number of benzene rings is 3. The zero-order valence-electron chi connectivity index (χ0n) is 23.0. The molecule has 0 aliphatic carbocycles. The molecule has 4 aromatic rings. The Hall–Kier alpha value is -3.79. The van der Waals surface area contributed by atoms with Gasteiger partial charge in [-0.3, -0.25) is 4.79 Å². The SMILES string of the molecule is O=C(c1ncn(C2CCCN(S(=O)(=O)c3ccccc3)C2)c1-c1ccccc1)N1CCNC[C@H]1Cc1ccccc1. The lowest BCUT2D eigenvalue weighted by Gasteiger charge is -2.36. The van der Waals surface area contributed by atoms with Crippen LogP contribution in [0.25, 0.3) is 11.3 Å². The standard InChI is InChI=1S/C32H35N5O3S/c38-32(36-20-18-33-22-28(36)21-25-11-4-1-5-12-25)30-31(26-13-6-2-7-14-26)37(24-34-30)27-15-10-19-35(23-27)41(39,40)29-16-8-3-9-17-29/h1-9,11-14,16-17,24,27-28,33H,10,15,18-23H2/t27?,28-/m1/s1. The lowest BCUT2D eigenvalue weighted by atomic mass is 10.0. The van der Waals surface area contributed by atoms with Crippen molar-refractivity contribution in [3.8, 4) is 11.3 Å². The van der Waals surface area contributed by atoms with E-state index in [1.807, 2.05) is 64.1 Å². The second kappa shape index (κ2) is 12.0. The molecule has 9 heteroatoms. The van der Waals surface area contributed by atoms with Gasteiger partial charge in [-0.1, -0.05) is 78.9 Å². The van der Waals surface area contributed by atoms with Crippen LogP contribution in [-0.4, -0.2) is 71.8 Å². The minimum atomic E-state index is -3.63. The minimum Gasteiger partial charge on any atom is -0.331 e. The van der Waals surface area contributed by atoms with E-state index in [2.05, 4.69) is 17.4 Å². The van der Waals surface area contributed by atoms with E-state index in [1.165, 1.54) is 5.56 Å². The summed E-state index contributed by atoms with van der Waals surface area (Å²) in [5, 5.41) is 3.45. The van der Waals surface area contributed by atoms with Crippen molar-refractivity contribution < 1.29 is 13.2 Å². The molecule has 1 N–H and O–H groups in total. The molecule has 0 radical (unpaired) electrons. The predicted octanol–water partition coefficient (Wildman–Crippen LogP) is 4.23. The first-order valence-corrected chi connectivity index (χ1v) is 15.7. The van der Waals surface area contributed by atoms with Crippen LogP contribution in [0.2, 0.25) is 0 Å². The summed E-state index contributed by atoms with van der Waals surface area (Å²) in [7, 11) is -3.63. The smallest absolute Gasteiger partial charge is 0.275 e. The van der Waals surface area contributed by atoms with Gasteiger partial charge in [0.1, 0.15) is 0 Å². The summed E-state index contributed by atoms with van der Waals surface area (Å²) in [4.78, 5) is 21.2. The highest BCUT2D eigenvalue weighted by molar-refractivity contribution is 7.89. The second-order valence-corrected chi connectivity index (χ2v) is 12.7. The Labute approximate surface area is 241 Å². The highest BCUT2D eigenvalue weighted by Crippen LogP contribution is 2.33. The summed E-state index contributed by atoms with van der Waals surface area (Å²) in [5.74, 6) is -0.0883. The Morgan fingerprint density at radius 1 is 0.902 bits per heavy atom. The molecular weight excluding hydrogens is 534 g/mol. The van der Waals surface area contributed by atoms with Gasteiger partial charge in [-0.15, -0.1) is 0 Å². The Morgan fingerprint density at radius 3 is 2.32 bits per heavy atom. The molecule has 2 atom stereocenters. The molecule has 41 heavy (non-hydrogen) atoms. The molecule has 1 aromatic heterocycles. The van der Waals surface area contributed by atoms with Crippen LogP contribution >= 0.6 is 0 Å². The first kappa shape index (κ1) is 27.4. The lowest BCUT2D eigenvalue weighted by molar-refractivity contribution is 0.0631. The zero-order valence-corrected chi connectivity index (χ0v) is 23.8. The van der Waals surface area contributed by atoms with Crippen molar-refractivity contribution >= 4 is 15.9 Å². The summed E-state index contributed by atoms with van der Waals surface area (Å²) in [5.41, 5.74) is 3.25. The Bertz CT molecular complexity index is 1580. The number of rotatable bonds is 7. The molecule has 3 heterocycles. The Kier molecular flexibility index (Phi) is 8.00. The molecule has 1 amide bonds. The van der Waals surface area contributed by atoms with E-state index in [0.717, 1.165) is 43.6 Å². The number of carbonyl (C=O) groups is 1. The normalized spacial score (nSPS) is 20.1. The van der Waals surface area contributed by atoms with E-state index in [0.29, 0.717) is 30.2 Å². The summed E-state index contributed by atoms with van der Waals surface area (Å²) in [6.45, 7) is 2.84. The molecule has 1 unspecified atom stereocenters. The van der Waals surface area contributed by atoms with Gasteiger partial charge in [0.25, 0.3) is 5.91 Å². The largest absolute Gasteiger partial charge is 0.331 e. The molecule has 2 fully saturated rings. The van der Waals surface area contributed by atoms with Gasteiger partial charge in [0.15, 0.2) is 5.69 Å². The van der Waals surface area contributed by atoms with Crippen molar-refractivity contribution in [1.82, 2.24) is 24.1 Å². The Morgan fingerprint density at radius 2 is 1.59 bits per heavy atom. The number of piperazine rings is 1. The number of nitrogens with zero attached hydrogens (tertiary/aromatic N) is 4. The van der Waals surface area contributed by atoms with Crippen LogP contribution in [0.1, 0.15) is 34.9 Å². The van der Waals surface area contributed by atoms with Gasteiger partial charge in [0.2, 0.25) is 10.0 Å². The fourth-order valence-electron chi connectivity index (χ4n) is 6.02. The van der Waals surface area contributed by atoms with Crippen molar-refractivity contribution in [1.29, 1.82) is 0 Å². The van der Waals surface area contributed by atoms with Crippen molar-refractivity contribution in [2.24, 2.45) is 0 Å². The molecule has 0 bridgehead atoms. The van der Waals surface area contributed by atoms with Gasteiger partial charge in [-0.05, 0) is 37.0 Å². The monoisotopic (exact) mass is 569 g/mol. The molecule has 0 spiro atoms. The molecule has 8 nitrogen and oxygen atoms in total. The summed E-state index contributed by atoms with van der Waals surface area (Å²) in [6, 6.07) is 28.5. The topological polar surface area (TPSA) is 87.5 Å². The Balaban J connectivity index is 1.33. The van der Waals surface area contributed by atoms with E-state index in [1.54, 1.807) is 34.9 Å². The second-order valence-electron chi connectivity index (χ2n) is 10.7. The third-order valence-electron chi connectivity index (χ3n) is 8.10. The summed E-state index contributed by atoms with van der Waals surface area (Å²) >= 11 is 0. The lowest BCUT2D eigenvalue weighted by Crippen LogP contribution is -2.54. The number of aromatic nitrogens is 2. The average Bonchev–Trinajstić information content (AvgIpc) is 3.48. The third-order valence-corrected chi connectivity index (χ3v) is 9.98. The number of amides is 1. The van der Waals surface area contributed by atoms with E-state index >= 15 is 0 Å². The fourth-order valence-corrected chi connectivity index (χ4v) is 7.55. The fraction of sp³-hybridized carbons (Fsp3) is 0.312. The maximum absolute atomic E-state index is 14.2. The van der Waals surface area contributed by atoms with Gasteiger partial charge < -0.3 is 14.8 Å². The number of nitrogens with one attached hydrogen (secondary N) is 1. The predicted molar refractivity (Wildman–Crippen MR) is 159 cm³/mol. The molecule has 2 saturated heterocycles. The van der Waals surface area contributed by atoms with Gasteiger partial charge in [-0.25, -0.2) is 13.4 Å². The van der Waals surface area contributed by atoms with Crippen LogP contribution in [0.15, 0.2) is 102 Å². The maximum atomic E-state index is 14.2. The van der Waals surface area contributed by atoms with Gasteiger partial charge in [0.05, 0.1) is 16.9 Å². The van der Waals surface area contributed by atoms with E-state index < -0.39 is 10.0 Å². The van der Waals surface area contributed by atoms with Gasteiger partial charge in [-0.2, -0.15) is 4.31 Å². The maximum Gasteiger partial charge on any atom is 0.275 e. The first-order valence-electron chi connectivity index (χ1n) is 14.3. The van der Waals surface area contributed by atoms with E-state index in [4.69, 9.17) is 4.98 Å². The third kappa shape index (κ3) is 5.70. The summed E-state index contributed by atoms with van der Waals surface area (Å²) < 4.78 is 30.5. The molecule has 2 aliphatic heterocycles. The van der Waals surface area contributed by atoms with Crippen LogP contribution in [0, 0.1) is 0 Å². The van der Waals surface area contributed by atoms with Crippen molar-refractivity contribution in [2.75, 3.05) is 32.7 Å². The van der Waals surface area contributed by atoms with Crippen LogP contribution in [0.3, 0.4) is 0 Å². The minimum absolute atomic E-state index is 0.00797. The molecule has 2 aliphatic rings. The van der Waals surface area contributed by atoms with Gasteiger partial charge in [0, 0.05) is 50.4 Å². The molecule has 6 rings (SSSR count). The summed E-state index contributed by atoms with van der Waals surface area (Å²) in [6.07, 6.45) is 4.02. The highest BCUT2D eigenvalue weighted by Gasteiger charge is 2.35. The van der Waals surface area contributed by atoms with Gasteiger partial charge >= 0.3 is 0 Å². The number of piperidine rings is 1. The first-order chi connectivity index (χ1) is 20.0. The molecular formula is C32H35N5O3S. The highest BCUT2D eigenvalue weighted by atomic mass is 32.2.